The van der Waals surface area contributed by atoms with Gasteiger partial charge in [-0.05, 0) is 46.2 Å². The molecule has 1 heterocycles. The molecule has 1 aromatic carbocycles. The molecule has 1 aromatic rings. The van der Waals surface area contributed by atoms with Gasteiger partial charge >= 0.3 is 13.1 Å². The lowest BCUT2D eigenvalue weighted by Gasteiger charge is -2.32. The summed E-state index contributed by atoms with van der Waals surface area (Å²) < 4.78 is 44.9. The van der Waals surface area contributed by atoms with Crippen LogP contribution in [0.4, 0.5) is 8.78 Å². The van der Waals surface area contributed by atoms with E-state index in [9.17, 15) is 13.6 Å². The second-order valence-electron chi connectivity index (χ2n) is 7.00. The molecule has 0 aliphatic carbocycles. The second kappa shape index (κ2) is 7.21. The molecular weight excluding hydrogens is 352 g/mol. The minimum absolute atomic E-state index is 0.0537. The van der Waals surface area contributed by atoms with E-state index in [0.29, 0.717) is 0 Å². The van der Waals surface area contributed by atoms with Gasteiger partial charge in [0.15, 0.2) is 0 Å². The summed E-state index contributed by atoms with van der Waals surface area (Å²) in [5.41, 5.74) is -1.27. The number of halogens is 3. The number of esters is 1. The zero-order valence-corrected chi connectivity index (χ0v) is 15.7. The SMILES string of the molecule is CCOC(=O)CC(B1OC(C)(C)C(C)(C)O1)c1ccc(F)c(Cl)c1F. The summed E-state index contributed by atoms with van der Waals surface area (Å²) in [5, 5.41) is -0.622. The van der Waals surface area contributed by atoms with E-state index in [2.05, 4.69) is 0 Å². The molecule has 0 N–H and O–H groups in total. The summed E-state index contributed by atoms with van der Waals surface area (Å²) in [7, 11) is -0.898. The van der Waals surface area contributed by atoms with Crippen LogP contribution < -0.4 is 0 Å². The van der Waals surface area contributed by atoms with Gasteiger partial charge in [-0.2, -0.15) is 0 Å². The third-order valence-electron chi connectivity index (χ3n) is 4.76. The minimum Gasteiger partial charge on any atom is -0.466 e. The predicted molar refractivity (Wildman–Crippen MR) is 91.4 cm³/mol. The summed E-state index contributed by atoms with van der Waals surface area (Å²) in [6.07, 6.45) is -0.177. The van der Waals surface area contributed by atoms with Gasteiger partial charge in [0.1, 0.15) is 16.7 Å². The molecule has 1 unspecified atom stereocenters. The third-order valence-corrected chi connectivity index (χ3v) is 5.10. The number of hydrogen-bond donors (Lipinski definition) is 0. The molecule has 4 nitrogen and oxygen atoms in total. The summed E-state index contributed by atoms with van der Waals surface area (Å²) in [4.78, 5) is 12.0. The molecule has 25 heavy (non-hydrogen) atoms. The van der Waals surface area contributed by atoms with Gasteiger partial charge in [-0.1, -0.05) is 17.7 Å². The highest BCUT2D eigenvalue weighted by Crippen LogP contribution is 2.43. The average Bonchev–Trinajstić information content (AvgIpc) is 2.72. The number of rotatable bonds is 5. The normalized spacial score (nSPS) is 19.8. The first kappa shape index (κ1) is 20.1. The Morgan fingerprint density at radius 1 is 1.24 bits per heavy atom. The van der Waals surface area contributed by atoms with Crippen molar-refractivity contribution in [3.63, 3.8) is 0 Å². The van der Waals surface area contributed by atoms with Crippen LogP contribution in [0.1, 0.15) is 52.4 Å². The molecule has 1 atom stereocenters. The van der Waals surface area contributed by atoms with Crippen molar-refractivity contribution in [3.8, 4) is 0 Å². The first-order valence-corrected chi connectivity index (χ1v) is 8.52. The maximum absolute atomic E-state index is 14.6. The molecule has 1 saturated heterocycles. The average molecular weight is 375 g/mol. The van der Waals surface area contributed by atoms with Gasteiger partial charge in [0.2, 0.25) is 0 Å². The van der Waals surface area contributed by atoms with Gasteiger partial charge in [-0.3, -0.25) is 4.79 Å². The Morgan fingerprint density at radius 2 is 1.80 bits per heavy atom. The quantitative estimate of drug-likeness (QED) is 0.438. The third kappa shape index (κ3) is 3.99. The molecule has 138 valence electrons. The van der Waals surface area contributed by atoms with Crippen molar-refractivity contribution < 1.29 is 27.6 Å². The maximum atomic E-state index is 14.6. The largest absolute Gasteiger partial charge is 0.466 e. The van der Waals surface area contributed by atoms with Crippen LogP contribution in [0.5, 0.6) is 0 Å². The summed E-state index contributed by atoms with van der Waals surface area (Å²) in [6.45, 7) is 9.27. The van der Waals surface area contributed by atoms with E-state index in [4.69, 9.17) is 25.6 Å². The van der Waals surface area contributed by atoms with Crippen molar-refractivity contribution in [3.05, 3.63) is 34.4 Å². The molecule has 0 saturated carbocycles. The van der Waals surface area contributed by atoms with Gasteiger partial charge in [0.05, 0.1) is 24.2 Å². The van der Waals surface area contributed by atoms with Crippen LogP contribution in [0.2, 0.25) is 5.02 Å². The highest BCUT2D eigenvalue weighted by Gasteiger charge is 2.54. The first-order chi connectivity index (χ1) is 11.5. The van der Waals surface area contributed by atoms with Crippen LogP contribution in [-0.2, 0) is 18.8 Å². The topological polar surface area (TPSA) is 44.8 Å². The molecule has 0 bridgehead atoms. The van der Waals surface area contributed by atoms with Crippen molar-refractivity contribution in [1.29, 1.82) is 0 Å². The van der Waals surface area contributed by atoms with Crippen LogP contribution in [-0.4, -0.2) is 30.9 Å². The number of benzene rings is 1. The Bertz CT molecular complexity index is 650. The number of ether oxygens (including phenoxy) is 1. The molecule has 1 fully saturated rings. The summed E-state index contributed by atoms with van der Waals surface area (Å²) in [6, 6.07) is 2.32. The Labute approximate surface area is 151 Å². The lowest BCUT2D eigenvalue weighted by atomic mass is 9.66. The van der Waals surface area contributed by atoms with Gasteiger partial charge in [-0.15, -0.1) is 0 Å². The molecule has 8 heteroatoms. The monoisotopic (exact) mass is 374 g/mol. The summed E-state index contributed by atoms with van der Waals surface area (Å²) in [5.74, 6) is -3.14. The van der Waals surface area contributed by atoms with Gasteiger partial charge in [0.25, 0.3) is 0 Å². The van der Waals surface area contributed by atoms with Crippen molar-refractivity contribution in [2.45, 2.75) is 58.1 Å². The second-order valence-corrected chi connectivity index (χ2v) is 7.38. The van der Waals surface area contributed by atoms with E-state index < -0.39 is 46.8 Å². The molecular formula is C17H22BClF2O4. The van der Waals surface area contributed by atoms with Crippen LogP contribution in [0.25, 0.3) is 0 Å². The smallest absolute Gasteiger partial charge is 0.466 e. The first-order valence-electron chi connectivity index (χ1n) is 8.15. The van der Waals surface area contributed by atoms with E-state index in [1.165, 1.54) is 6.07 Å². The molecule has 0 radical (unpaired) electrons. The van der Waals surface area contributed by atoms with Crippen LogP contribution in [0.15, 0.2) is 12.1 Å². The lowest BCUT2D eigenvalue weighted by Crippen LogP contribution is -2.41. The van der Waals surface area contributed by atoms with Crippen molar-refractivity contribution in [1.82, 2.24) is 0 Å². The zero-order valence-electron chi connectivity index (χ0n) is 15.0. The highest BCUT2D eigenvalue weighted by atomic mass is 35.5. The van der Waals surface area contributed by atoms with Crippen molar-refractivity contribution in [2.24, 2.45) is 0 Å². The van der Waals surface area contributed by atoms with E-state index in [1.54, 1.807) is 6.92 Å². The molecule has 0 aromatic heterocycles. The fraction of sp³-hybridized carbons (Fsp3) is 0.588. The Balaban J connectivity index is 2.42. The zero-order chi connectivity index (χ0) is 19.0. The van der Waals surface area contributed by atoms with Crippen LogP contribution in [0.3, 0.4) is 0 Å². The molecule has 2 rings (SSSR count). The van der Waals surface area contributed by atoms with Crippen molar-refractivity contribution in [2.75, 3.05) is 6.61 Å². The van der Waals surface area contributed by atoms with E-state index >= 15 is 0 Å². The fourth-order valence-corrected chi connectivity index (χ4v) is 2.80. The minimum atomic E-state index is -0.925. The maximum Gasteiger partial charge on any atom is 0.466 e. The van der Waals surface area contributed by atoms with Crippen LogP contribution in [0, 0.1) is 11.6 Å². The number of hydrogen-bond acceptors (Lipinski definition) is 4. The molecule has 1 aliphatic heterocycles. The van der Waals surface area contributed by atoms with Crippen molar-refractivity contribution >= 4 is 24.7 Å². The predicted octanol–water partition coefficient (Wildman–Crippen LogP) is 4.29. The molecule has 1 aliphatic rings. The number of carbonyl (C=O) groups excluding carboxylic acids is 1. The summed E-state index contributed by atoms with van der Waals surface area (Å²) >= 11 is 5.70. The Morgan fingerprint density at radius 3 is 2.32 bits per heavy atom. The van der Waals surface area contributed by atoms with E-state index in [0.717, 1.165) is 6.07 Å². The van der Waals surface area contributed by atoms with Gasteiger partial charge in [0, 0.05) is 5.82 Å². The van der Waals surface area contributed by atoms with E-state index in [-0.39, 0.29) is 18.6 Å². The Hall–Kier alpha value is -1.18. The Kier molecular flexibility index (Phi) is 5.81. The van der Waals surface area contributed by atoms with E-state index in [1.807, 2.05) is 27.7 Å². The lowest BCUT2D eigenvalue weighted by molar-refractivity contribution is -0.143. The van der Waals surface area contributed by atoms with Gasteiger partial charge < -0.3 is 14.0 Å². The molecule has 0 amide bonds. The molecule has 0 spiro atoms. The van der Waals surface area contributed by atoms with Crippen LogP contribution >= 0.6 is 11.6 Å². The standard InChI is InChI=1S/C17H22BClF2O4/c1-6-23-13(22)9-11(10-7-8-12(20)14(19)15(10)21)18-24-16(2,3)17(4,5)25-18/h7-8,11H,6,9H2,1-5H3. The number of carbonyl (C=O) groups is 1. The van der Waals surface area contributed by atoms with Gasteiger partial charge in [-0.25, -0.2) is 8.78 Å². The fourth-order valence-electron chi connectivity index (χ4n) is 2.63. The highest BCUT2D eigenvalue weighted by molar-refractivity contribution is 6.48.